The van der Waals surface area contributed by atoms with Gasteiger partial charge in [-0.15, -0.1) is 70.6 Å². The average molecular weight is 273 g/mol. The van der Waals surface area contributed by atoms with Gasteiger partial charge in [0.25, 0.3) is 0 Å². The van der Waals surface area contributed by atoms with Crippen LogP contribution in [0.15, 0.2) is 0 Å². The van der Waals surface area contributed by atoms with E-state index < -0.39 is 0 Å². The first-order chi connectivity index (χ1) is 5.80. The summed E-state index contributed by atoms with van der Waals surface area (Å²) in [6.07, 6.45) is 1.32. The van der Waals surface area contributed by atoms with Crippen molar-refractivity contribution in [3.8, 4) is 0 Å². The SMILES string of the molecule is CCC12SC3SC(SC(S3)S1)S2. The van der Waals surface area contributed by atoms with E-state index in [1.165, 1.54) is 6.42 Å². The number of hydrogen-bond donors (Lipinski definition) is 0. The van der Waals surface area contributed by atoms with Crippen molar-refractivity contribution in [2.75, 3.05) is 0 Å². The molecule has 0 radical (unpaired) electrons. The van der Waals surface area contributed by atoms with E-state index >= 15 is 0 Å². The molecule has 0 aromatic carbocycles. The highest BCUT2D eigenvalue weighted by Gasteiger charge is 2.53. The fourth-order valence-electron chi connectivity index (χ4n) is 1.31. The normalized spacial score (nSPS) is 56.2. The van der Waals surface area contributed by atoms with Crippen molar-refractivity contribution in [1.82, 2.24) is 0 Å². The van der Waals surface area contributed by atoms with Crippen LogP contribution in [-0.4, -0.2) is 15.2 Å². The van der Waals surface area contributed by atoms with Crippen LogP contribution >= 0.6 is 70.6 Å². The maximum Gasteiger partial charge on any atom is 0.112 e. The standard InChI is InChI=1S/C6H8S6/c1-2-6-10-3-7-4(11-6)9-5(8-3)12-6/h3-5H,2H2,1H3. The van der Waals surface area contributed by atoms with Crippen molar-refractivity contribution >= 4 is 70.6 Å². The molecule has 68 valence electrons. The van der Waals surface area contributed by atoms with E-state index in [1.807, 2.05) is 0 Å². The molecule has 0 unspecified atom stereocenters. The average Bonchev–Trinajstić information content (AvgIpc) is 2.02. The topological polar surface area (TPSA) is 0 Å². The first kappa shape index (κ1) is 9.33. The summed E-state index contributed by atoms with van der Waals surface area (Å²) in [4.78, 5) is 0. The van der Waals surface area contributed by atoms with E-state index in [0.717, 1.165) is 11.7 Å². The van der Waals surface area contributed by atoms with Gasteiger partial charge in [-0.05, 0) is 6.42 Å². The lowest BCUT2D eigenvalue weighted by molar-refractivity contribution is 1.00. The Morgan fingerprint density at radius 1 is 0.917 bits per heavy atom. The van der Waals surface area contributed by atoms with Crippen LogP contribution < -0.4 is 0 Å². The van der Waals surface area contributed by atoms with Crippen molar-refractivity contribution < 1.29 is 0 Å². The summed E-state index contributed by atoms with van der Waals surface area (Å²) in [6, 6.07) is 0. The number of rotatable bonds is 1. The van der Waals surface area contributed by atoms with E-state index in [1.54, 1.807) is 0 Å². The molecule has 0 amide bonds. The van der Waals surface area contributed by atoms with Crippen molar-refractivity contribution in [2.24, 2.45) is 0 Å². The van der Waals surface area contributed by atoms with Gasteiger partial charge < -0.3 is 0 Å². The largest absolute Gasteiger partial charge is 0.112 e. The van der Waals surface area contributed by atoms with Crippen LogP contribution in [0.2, 0.25) is 0 Å². The molecule has 0 aromatic rings. The van der Waals surface area contributed by atoms with Gasteiger partial charge in [0, 0.05) is 0 Å². The molecule has 4 bridgehead atoms. The Bertz CT molecular complexity index is 169. The van der Waals surface area contributed by atoms with Crippen LogP contribution in [0.3, 0.4) is 0 Å². The van der Waals surface area contributed by atoms with Crippen LogP contribution in [-0.2, 0) is 0 Å². The molecular formula is C6H8S6. The second-order valence-corrected chi connectivity index (χ2v) is 14.0. The van der Waals surface area contributed by atoms with Crippen LogP contribution in [0.4, 0.5) is 0 Å². The highest BCUT2D eigenvalue weighted by molar-refractivity contribution is 8.62. The molecule has 4 aliphatic rings. The van der Waals surface area contributed by atoms with Crippen molar-refractivity contribution in [3.05, 3.63) is 0 Å². The fraction of sp³-hybridized carbons (Fsp3) is 1.00. The third-order valence-corrected chi connectivity index (χ3v) is 13.2. The Hall–Kier alpha value is 2.10. The monoisotopic (exact) mass is 272 g/mol. The van der Waals surface area contributed by atoms with Gasteiger partial charge in [0.2, 0.25) is 0 Å². The Balaban J connectivity index is 1.90. The molecule has 12 heavy (non-hydrogen) atoms. The summed E-state index contributed by atoms with van der Waals surface area (Å²) in [5.41, 5.74) is 0. The summed E-state index contributed by atoms with van der Waals surface area (Å²) < 4.78 is 3.04. The number of hydrogen-bond acceptors (Lipinski definition) is 6. The summed E-state index contributed by atoms with van der Waals surface area (Å²) in [6.45, 7) is 2.33. The maximum absolute atomic E-state index is 2.33. The lowest BCUT2D eigenvalue weighted by atomic mass is 10.6. The van der Waals surface area contributed by atoms with Crippen molar-refractivity contribution in [1.29, 1.82) is 0 Å². The third-order valence-electron chi connectivity index (χ3n) is 1.93. The van der Waals surface area contributed by atoms with Crippen LogP contribution in [0.25, 0.3) is 0 Å². The summed E-state index contributed by atoms with van der Waals surface area (Å²) >= 11 is 13.1. The molecule has 0 aromatic heterocycles. The van der Waals surface area contributed by atoms with E-state index in [-0.39, 0.29) is 0 Å². The second kappa shape index (κ2) is 3.30. The molecule has 4 heterocycles. The molecule has 4 aliphatic heterocycles. The van der Waals surface area contributed by atoms with E-state index in [0.29, 0.717) is 3.41 Å². The zero-order valence-electron chi connectivity index (χ0n) is 6.39. The minimum absolute atomic E-state index is 0.530. The van der Waals surface area contributed by atoms with Crippen LogP contribution in [0, 0.1) is 0 Å². The molecule has 0 N–H and O–H groups in total. The minimum atomic E-state index is 0.530. The zero-order valence-corrected chi connectivity index (χ0v) is 11.3. The predicted molar refractivity (Wildman–Crippen MR) is 69.9 cm³/mol. The van der Waals surface area contributed by atoms with E-state index in [9.17, 15) is 0 Å². The minimum Gasteiger partial charge on any atom is -0.111 e. The molecule has 4 rings (SSSR count). The van der Waals surface area contributed by atoms with Gasteiger partial charge in [-0.3, -0.25) is 0 Å². The molecule has 0 saturated carbocycles. The maximum atomic E-state index is 2.33. The fourth-order valence-corrected chi connectivity index (χ4v) is 19.4. The Labute approximate surface area is 98.3 Å². The van der Waals surface area contributed by atoms with Gasteiger partial charge in [-0.25, -0.2) is 0 Å². The van der Waals surface area contributed by atoms with E-state index in [2.05, 4.69) is 77.5 Å². The lowest BCUT2D eigenvalue weighted by Crippen LogP contribution is -2.36. The van der Waals surface area contributed by atoms with Crippen LogP contribution in [0.1, 0.15) is 13.3 Å². The summed E-state index contributed by atoms with van der Waals surface area (Å²) in [5, 5.41) is 0. The molecular weight excluding hydrogens is 264 g/mol. The Morgan fingerprint density at radius 2 is 1.33 bits per heavy atom. The Morgan fingerprint density at radius 3 is 1.67 bits per heavy atom. The lowest BCUT2D eigenvalue weighted by Gasteiger charge is -2.52. The van der Waals surface area contributed by atoms with Gasteiger partial charge in [0.15, 0.2) is 0 Å². The first-order valence-electron chi connectivity index (χ1n) is 3.79. The van der Waals surface area contributed by atoms with Crippen molar-refractivity contribution in [2.45, 2.75) is 28.5 Å². The highest BCUT2D eigenvalue weighted by Crippen LogP contribution is 2.77. The molecule has 4 saturated heterocycles. The smallest absolute Gasteiger partial charge is 0.111 e. The third kappa shape index (κ3) is 1.45. The highest BCUT2D eigenvalue weighted by atomic mass is 32.4. The molecule has 0 nitrogen and oxygen atoms in total. The van der Waals surface area contributed by atoms with Gasteiger partial charge in [0.05, 0.1) is 0 Å². The van der Waals surface area contributed by atoms with Crippen LogP contribution in [0.5, 0.6) is 0 Å². The number of thioether (sulfide) groups is 6. The molecule has 0 aliphatic carbocycles. The van der Waals surface area contributed by atoms with Gasteiger partial charge in [-0.1, -0.05) is 6.92 Å². The quantitative estimate of drug-likeness (QED) is 0.691. The molecule has 4 fully saturated rings. The zero-order chi connectivity index (χ0) is 8.18. The second-order valence-electron chi connectivity index (χ2n) is 2.66. The van der Waals surface area contributed by atoms with Crippen molar-refractivity contribution in [3.63, 3.8) is 0 Å². The Kier molecular flexibility index (Phi) is 2.57. The van der Waals surface area contributed by atoms with Gasteiger partial charge >= 0.3 is 0 Å². The predicted octanol–water partition coefficient (Wildman–Crippen LogP) is 4.34. The summed E-state index contributed by atoms with van der Waals surface area (Å²) in [7, 11) is 0. The van der Waals surface area contributed by atoms with Gasteiger partial charge in [0.1, 0.15) is 15.2 Å². The summed E-state index contributed by atoms with van der Waals surface area (Å²) in [5.74, 6) is 0. The van der Waals surface area contributed by atoms with E-state index in [4.69, 9.17) is 0 Å². The molecule has 0 spiro atoms. The van der Waals surface area contributed by atoms with Gasteiger partial charge in [-0.2, -0.15) is 0 Å². The first-order valence-corrected chi connectivity index (χ1v) is 9.26. The molecule has 0 atom stereocenters. The molecule has 6 heteroatoms.